The quantitative estimate of drug-likeness (QED) is 0.245. The van der Waals surface area contributed by atoms with Gasteiger partial charge in [-0.25, -0.2) is 14.4 Å². The monoisotopic (exact) mass is 523 g/mol. The van der Waals surface area contributed by atoms with Gasteiger partial charge in [-0.1, -0.05) is 0 Å². The van der Waals surface area contributed by atoms with Gasteiger partial charge in [0, 0.05) is 42.6 Å². The molecular formula is C25H30FN9O3. The highest BCUT2D eigenvalue weighted by molar-refractivity contribution is 5.86. The van der Waals surface area contributed by atoms with Crippen LogP contribution in [0.1, 0.15) is 43.9 Å². The molecule has 38 heavy (non-hydrogen) atoms. The van der Waals surface area contributed by atoms with Crippen molar-refractivity contribution in [2.24, 2.45) is 0 Å². The summed E-state index contributed by atoms with van der Waals surface area (Å²) in [6, 6.07) is 5.21. The number of pyridine rings is 1. The van der Waals surface area contributed by atoms with Gasteiger partial charge in [0.05, 0.1) is 17.9 Å². The number of aromatic nitrogens is 5. The molecule has 1 aromatic carbocycles. The van der Waals surface area contributed by atoms with Crippen molar-refractivity contribution in [2.75, 3.05) is 29.0 Å². The van der Waals surface area contributed by atoms with Gasteiger partial charge in [0.1, 0.15) is 17.2 Å². The van der Waals surface area contributed by atoms with Crippen molar-refractivity contribution >= 4 is 52.0 Å². The zero-order valence-electron chi connectivity index (χ0n) is 21.3. The zero-order chi connectivity index (χ0) is 27.4. The molecule has 4 heterocycles. The van der Waals surface area contributed by atoms with Crippen molar-refractivity contribution in [3.05, 3.63) is 41.5 Å². The lowest BCUT2D eigenvalue weighted by atomic mass is 10.0. The Bertz CT molecular complexity index is 1470. The number of hydrogen-bond donors (Lipinski definition) is 5. The van der Waals surface area contributed by atoms with Crippen LogP contribution in [0.25, 0.3) is 22.1 Å². The maximum absolute atomic E-state index is 14.4. The average molecular weight is 524 g/mol. The van der Waals surface area contributed by atoms with Crippen molar-refractivity contribution in [2.45, 2.75) is 45.7 Å². The van der Waals surface area contributed by atoms with E-state index < -0.39 is 0 Å². The molecule has 1 aliphatic heterocycles. The molecule has 200 valence electrons. The van der Waals surface area contributed by atoms with Crippen LogP contribution in [0.3, 0.4) is 0 Å². The van der Waals surface area contributed by atoms with Crippen molar-refractivity contribution in [1.29, 1.82) is 0 Å². The molecule has 6 N–H and O–H groups in total. The van der Waals surface area contributed by atoms with Crippen molar-refractivity contribution in [1.82, 2.24) is 30.2 Å². The molecule has 1 saturated heterocycles. The summed E-state index contributed by atoms with van der Waals surface area (Å²) in [6.45, 7) is 6.51. The molecule has 0 saturated carbocycles. The fraction of sp³-hybridized carbons (Fsp3) is 0.360. The molecule has 4 aromatic rings. The minimum Gasteiger partial charge on any atom is -0.483 e. The Morgan fingerprint density at radius 3 is 2.68 bits per heavy atom. The number of fused-ring (bicyclic) bond motifs is 2. The van der Waals surface area contributed by atoms with Crippen LogP contribution >= 0.6 is 0 Å². The first-order chi connectivity index (χ1) is 18.2. The van der Waals surface area contributed by atoms with Gasteiger partial charge in [-0.15, -0.1) is 0 Å². The Morgan fingerprint density at radius 2 is 2.00 bits per heavy atom. The van der Waals surface area contributed by atoms with Crippen LogP contribution in [0, 0.1) is 12.7 Å². The normalized spacial score (nSPS) is 14.6. The zero-order valence-corrected chi connectivity index (χ0v) is 21.3. The largest absolute Gasteiger partial charge is 0.483 e. The van der Waals surface area contributed by atoms with Crippen LogP contribution < -0.4 is 21.3 Å². The number of nitrogens with two attached hydrogens (primary N) is 1. The number of carboxylic acid groups (broad SMARTS) is 1. The highest BCUT2D eigenvalue weighted by atomic mass is 19.1. The Morgan fingerprint density at radius 1 is 1.29 bits per heavy atom. The molecule has 1 aliphatic rings. The number of rotatable bonds is 5. The maximum atomic E-state index is 14.4. The van der Waals surface area contributed by atoms with Crippen molar-refractivity contribution in [3.8, 4) is 0 Å². The third-order valence-corrected chi connectivity index (χ3v) is 6.51. The third-order valence-electron chi connectivity index (χ3n) is 6.51. The Kier molecular flexibility index (Phi) is 7.84. The minimum atomic E-state index is -0.280. The van der Waals surface area contributed by atoms with Gasteiger partial charge in [-0.05, 0) is 44.9 Å². The van der Waals surface area contributed by atoms with Gasteiger partial charge in [-0.3, -0.25) is 9.59 Å². The summed E-state index contributed by atoms with van der Waals surface area (Å²) in [5, 5.41) is 14.2. The summed E-state index contributed by atoms with van der Waals surface area (Å²) in [4.78, 5) is 42.8. The van der Waals surface area contributed by atoms with E-state index in [1.165, 1.54) is 13.0 Å². The van der Waals surface area contributed by atoms with Gasteiger partial charge in [-0.2, -0.15) is 9.97 Å². The number of imidazole rings is 1. The van der Waals surface area contributed by atoms with E-state index in [1.54, 1.807) is 19.3 Å². The molecule has 0 aliphatic carbocycles. The van der Waals surface area contributed by atoms with Gasteiger partial charge in [0.2, 0.25) is 11.9 Å². The molecule has 1 atom stereocenters. The fourth-order valence-electron chi connectivity index (χ4n) is 4.70. The smallest absolute Gasteiger partial charge is 0.290 e. The molecule has 5 rings (SSSR count). The summed E-state index contributed by atoms with van der Waals surface area (Å²) in [6.07, 6.45) is 3.16. The van der Waals surface area contributed by atoms with E-state index >= 15 is 0 Å². The van der Waals surface area contributed by atoms with Crippen LogP contribution in [0.5, 0.6) is 0 Å². The number of anilines is 3. The van der Waals surface area contributed by atoms with Crippen molar-refractivity contribution < 1.29 is 19.1 Å². The number of hydrogen-bond acceptors (Lipinski definition) is 9. The molecule has 1 fully saturated rings. The van der Waals surface area contributed by atoms with E-state index in [-0.39, 0.29) is 36.2 Å². The number of amides is 1. The number of carbonyl (C=O) groups is 2. The number of piperidine rings is 1. The highest BCUT2D eigenvalue weighted by Gasteiger charge is 2.26. The van der Waals surface area contributed by atoms with E-state index in [4.69, 9.17) is 20.6 Å². The topological polar surface area (TPSA) is 175 Å². The lowest BCUT2D eigenvalue weighted by molar-refractivity contribution is -0.123. The molecule has 3 aromatic heterocycles. The number of nitrogens with one attached hydrogen (secondary N) is 3. The number of carbonyl (C=O) groups excluding carboxylic acids is 1. The van der Waals surface area contributed by atoms with Gasteiger partial charge < -0.3 is 31.4 Å². The fourth-order valence-corrected chi connectivity index (χ4v) is 4.70. The number of benzene rings is 1. The summed E-state index contributed by atoms with van der Waals surface area (Å²) >= 11 is 0. The first kappa shape index (κ1) is 26.5. The highest BCUT2D eigenvalue weighted by Crippen LogP contribution is 2.34. The van der Waals surface area contributed by atoms with E-state index in [9.17, 15) is 9.18 Å². The summed E-state index contributed by atoms with van der Waals surface area (Å²) in [5.41, 5.74) is 9.15. The van der Waals surface area contributed by atoms with Gasteiger partial charge in [0.15, 0.2) is 11.5 Å². The second kappa shape index (κ2) is 11.2. The summed E-state index contributed by atoms with van der Waals surface area (Å²) in [5.74, 6) is 1.16. The SMILES string of the molecule is CC(=O)NC1CCN(c2nc3c(C)c(F)ccc3cc2[C@H](C)Nc2nc(N)nc3nc[nH]c23)CC1.O=CO. The molecule has 1 amide bonds. The number of H-pyrrole nitrogens is 1. The Balaban J connectivity index is 0.00000107. The molecule has 0 radical (unpaired) electrons. The number of aromatic amines is 1. The molecule has 0 bridgehead atoms. The predicted molar refractivity (Wildman–Crippen MR) is 142 cm³/mol. The number of halogens is 1. The van der Waals surface area contributed by atoms with E-state index in [1.807, 2.05) is 6.92 Å². The van der Waals surface area contributed by atoms with Crippen molar-refractivity contribution in [3.63, 3.8) is 0 Å². The standard InChI is InChI=1S/C24H28FN9O.CH2O2/c1-12-18(25)5-4-15-10-17(13(2)29-22-20-21(28-11-27-20)32-24(26)33-22)23(31-19(12)15)34-8-6-16(7-9-34)30-14(3)35;2-1-3/h4-5,10-11,13,16H,6-9H2,1-3H3,(H,30,35)(H4,26,27,28,29,32,33);1H,(H,2,3)/t13-;/m0./s1. The lowest BCUT2D eigenvalue weighted by Gasteiger charge is -2.35. The van der Waals surface area contributed by atoms with Crippen LogP contribution in [0.2, 0.25) is 0 Å². The van der Waals surface area contributed by atoms with E-state index in [2.05, 4.69) is 41.5 Å². The number of nitrogen functional groups attached to an aromatic ring is 1. The second-order valence-corrected chi connectivity index (χ2v) is 9.11. The average Bonchev–Trinajstić information content (AvgIpc) is 3.35. The third kappa shape index (κ3) is 5.56. The molecule has 13 heteroatoms. The van der Waals surface area contributed by atoms with Crippen LogP contribution in [-0.4, -0.2) is 61.5 Å². The lowest BCUT2D eigenvalue weighted by Crippen LogP contribution is -2.44. The number of aryl methyl sites for hydroxylation is 1. The Labute approximate surface area is 217 Å². The summed E-state index contributed by atoms with van der Waals surface area (Å²) < 4.78 is 14.4. The first-order valence-electron chi connectivity index (χ1n) is 12.1. The molecule has 12 nitrogen and oxygen atoms in total. The summed E-state index contributed by atoms with van der Waals surface area (Å²) in [7, 11) is 0. The molecule has 0 unspecified atom stereocenters. The van der Waals surface area contributed by atoms with Crippen LogP contribution in [-0.2, 0) is 9.59 Å². The first-order valence-corrected chi connectivity index (χ1v) is 12.1. The minimum absolute atomic E-state index is 0.0221. The maximum Gasteiger partial charge on any atom is 0.290 e. The molecular weight excluding hydrogens is 493 g/mol. The second-order valence-electron chi connectivity index (χ2n) is 9.11. The van der Waals surface area contributed by atoms with E-state index in [0.29, 0.717) is 28.1 Å². The predicted octanol–water partition coefficient (Wildman–Crippen LogP) is 2.91. The van der Waals surface area contributed by atoms with E-state index in [0.717, 1.165) is 42.7 Å². The van der Waals surface area contributed by atoms with Crippen LogP contribution in [0.4, 0.5) is 22.0 Å². The Hall–Kier alpha value is -4.55. The number of nitrogens with zero attached hydrogens (tertiary/aromatic N) is 5. The van der Waals surface area contributed by atoms with Crippen LogP contribution in [0.15, 0.2) is 24.5 Å². The van der Waals surface area contributed by atoms with Gasteiger partial charge >= 0.3 is 0 Å². The molecule has 0 spiro atoms. The van der Waals surface area contributed by atoms with Gasteiger partial charge in [0.25, 0.3) is 6.47 Å².